The molecule has 5 aliphatic rings. The first-order valence-corrected chi connectivity index (χ1v) is 18.8. The zero-order valence-electron chi connectivity index (χ0n) is 32.7. The van der Waals surface area contributed by atoms with Crippen molar-refractivity contribution in [3.05, 3.63) is 129 Å². The molecule has 4 heterocycles. The molecule has 57 heavy (non-hydrogen) atoms. The van der Waals surface area contributed by atoms with Crippen molar-refractivity contribution in [2.45, 2.75) is 45.3 Å². The zero-order chi connectivity index (χ0) is 38.9. The number of nitrogens with one attached hydrogen (secondary N) is 2. The molecule has 10 heteroatoms. The van der Waals surface area contributed by atoms with Crippen molar-refractivity contribution < 1.29 is 45.9 Å². The van der Waals surface area contributed by atoms with Crippen LogP contribution in [0.15, 0.2) is 111 Å². The van der Waals surface area contributed by atoms with Crippen molar-refractivity contribution in [1.29, 1.82) is 0 Å². The van der Waals surface area contributed by atoms with E-state index in [2.05, 4.69) is 96.7 Å². The largest absolute Gasteiger partial charge is 1.00 e. The van der Waals surface area contributed by atoms with Crippen molar-refractivity contribution in [3.63, 3.8) is 0 Å². The van der Waals surface area contributed by atoms with Gasteiger partial charge < -0.3 is 36.3 Å². The van der Waals surface area contributed by atoms with E-state index in [9.17, 15) is 9.59 Å². The molecule has 4 aromatic rings. The highest BCUT2D eigenvalue weighted by atomic mass is 35.5. The molecule has 0 saturated heterocycles. The fraction of sp³-hybridized carbons (Fsp3) is 0.234. The number of fused-ring (bicyclic) bond motifs is 14. The minimum Gasteiger partial charge on any atom is -1.00 e. The van der Waals surface area contributed by atoms with E-state index >= 15 is 0 Å². The first kappa shape index (κ1) is 38.0. The van der Waals surface area contributed by atoms with Gasteiger partial charge in [0.25, 0.3) is 0 Å². The molecule has 0 fully saturated rings. The molecule has 2 aliphatic carbocycles. The molecule has 0 unspecified atom stereocenters. The third-order valence-electron chi connectivity index (χ3n) is 11.9. The Morgan fingerprint density at radius 2 is 1.25 bits per heavy atom. The van der Waals surface area contributed by atoms with Gasteiger partial charge in [0.1, 0.15) is 0 Å². The van der Waals surface area contributed by atoms with Gasteiger partial charge >= 0.3 is 11.9 Å². The molecule has 2 N–H and O–H groups in total. The normalized spacial score (nSPS) is 16.9. The summed E-state index contributed by atoms with van der Waals surface area (Å²) in [5, 5.41) is 2.38. The van der Waals surface area contributed by atoms with E-state index in [1.165, 1.54) is 25.0 Å². The molecular weight excluding hydrogens is 738 g/mol. The monoisotopic (exact) mass is 779 g/mol. The van der Waals surface area contributed by atoms with E-state index in [0.717, 1.165) is 101 Å². The average molecular weight is 780 g/mol. The minimum atomic E-state index is -1.27. The van der Waals surface area contributed by atoms with Gasteiger partial charge in [0.2, 0.25) is 17.2 Å². The number of benzene rings is 3. The maximum Gasteiger partial charge on any atom is 0.305 e. The number of carbonyl (C=O) groups excluding carboxylic acids is 2. The number of allylic oxidation sites excluding steroid dienone is 6. The molecule has 0 atom stereocenters. The highest BCUT2D eigenvalue weighted by molar-refractivity contribution is 6.21. The topological polar surface area (TPSA) is 113 Å². The summed E-state index contributed by atoms with van der Waals surface area (Å²) in [5.41, 5.74) is 17.2. The Kier molecular flexibility index (Phi) is 9.72. The van der Waals surface area contributed by atoms with Crippen LogP contribution in [-0.4, -0.2) is 62.6 Å². The summed E-state index contributed by atoms with van der Waals surface area (Å²) in [6.45, 7) is 4.15. The van der Waals surface area contributed by atoms with Gasteiger partial charge in [-0.25, -0.2) is 9.98 Å². The number of methoxy groups -OCH3 is 4. The average Bonchev–Trinajstić information content (AvgIpc) is 3.97. The molecule has 0 spiro atoms. The van der Waals surface area contributed by atoms with E-state index in [0.29, 0.717) is 12.8 Å². The molecular formula is C47H42ClN3O6. The number of rotatable bonds is 8. The maximum absolute atomic E-state index is 12.6. The maximum atomic E-state index is 12.6. The summed E-state index contributed by atoms with van der Waals surface area (Å²) < 4.78 is 23.0. The van der Waals surface area contributed by atoms with Crippen LogP contribution in [0.1, 0.15) is 62.0 Å². The van der Waals surface area contributed by atoms with Crippen molar-refractivity contribution in [2.75, 3.05) is 28.4 Å². The molecule has 9 nitrogen and oxygen atoms in total. The van der Waals surface area contributed by atoms with Gasteiger partial charge in [0.15, 0.2) is 0 Å². The number of aliphatic imine (C=N–C) groups is 1. The summed E-state index contributed by atoms with van der Waals surface area (Å²) in [4.78, 5) is 38.0. The summed E-state index contributed by atoms with van der Waals surface area (Å²) in [7, 11) is 6.16. The number of halogens is 1. The van der Waals surface area contributed by atoms with E-state index in [4.69, 9.17) is 23.9 Å². The van der Waals surface area contributed by atoms with Crippen molar-refractivity contribution in [2.24, 2.45) is 4.99 Å². The smallest absolute Gasteiger partial charge is 0.305 e. The van der Waals surface area contributed by atoms with Gasteiger partial charge in [-0.1, -0.05) is 60.7 Å². The lowest BCUT2D eigenvalue weighted by Gasteiger charge is -2.29. The van der Waals surface area contributed by atoms with Crippen LogP contribution in [0.4, 0.5) is 0 Å². The van der Waals surface area contributed by atoms with Crippen LogP contribution in [0.25, 0.3) is 56.3 Å². The number of aromatic nitrogens is 1. The fourth-order valence-corrected chi connectivity index (χ4v) is 9.09. The molecule has 3 aliphatic heterocycles. The van der Waals surface area contributed by atoms with Crippen LogP contribution in [0.2, 0.25) is 0 Å². The predicted molar refractivity (Wildman–Crippen MR) is 219 cm³/mol. The van der Waals surface area contributed by atoms with E-state index in [1.54, 1.807) is 14.2 Å². The van der Waals surface area contributed by atoms with Crippen LogP contribution >= 0.6 is 0 Å². The lowest BCUT2D eigenvalue weighted by molar-refractivity contribution is -0.385. The number of nitrogens with zero attached hydrogens (tertiary/aromatic N) is 1. The molecule has 1 aromatic heterocycles. The molecule has 288 valence electrons. The van der Waals surface area contributed by atoms with E-state index < -0.39 is 5.79 Å². The van der Waals surface area contributed by atoms with Crippen molar-refractivity contribution in [3.8, 4) is 22.3 Å². The first-order chi connectivity index (χ1) is 27.2. The molecule has 3 aromatic carbocycles. The fourth-order valence-electron chi connectivity index (χ4n) is 9.09. The van der Waals surface area contributed by atoms with E-state index in [1.807, 2.05) is 12.1 Å². The Morgan fingerprint density at radius 1 is 0.684 bits per heavy atom. The first-order valence-electron chi connectivity index (χ1n) is 18.8. The molecule has 8 bridgehead atoms. The predicted octanol–water partition coefficient (Wildman–Crippen LogP) is 4.51. The van der Waals surface area contributed by atoms with Crippen molar-refractivity contribution in [1.82, 2.24) is 4.98 Å². The van der Waals surface area contributed by atoms with Crippen LogP contribution in [-0.2, 0) is 28.5 Å². The molecule has 0 saturated carbocycles. The number of aromatic amines is 1. The highest BCUT2D eigenvalue weighted by Crippen LogP contribution is 2.53. The Bertz CT molecular complexity index is 2520. The van der Waals surface area contributed by atoms with Gasteiger partial charge in [0.05, 0.1) is 31.3 Å². The number of carbonyl (C=O) groups is 2. The van der Waals surface area contributed by atoms with Gasteiger partial charge in [-0.2, -0.15) is 0 Å². The minimum absolute atomic E-state index is 0. The lowest BCUT2D eigenvalue weighted by atomic mass is 9.95. The third-order valence-corrected chi connectivity index (χ3v) is 11.9. The number of hydrogen-bond donors (Lipinski definition) is 2. The molecule has 0 amide bonds. The Hall–Kier alpha value is -5.87. The second kappa shape index (κ2) is 14.6. The molecule has 0 radical (unpaired) electrons. The van der Waals surface area contributed by atoms with Crippen LogP contribution in [0.3, 0.4) is 0 Å². The summed E-state index contributed by atoms with van der Waals surface area (Å²) in [6, 6.07) is 21.1. The second-order valence-electron chi connectivity index (χ2n) is 14.6. The Labute approximate surface area is 337 Å². The summed E-state index contributed by atoms with van der Waals surface area (Å²) >= 11 is 0. The highest BCUT2D eigenvalue weighted by Gasteiger charge is 2.49. The van der Waals surface area contributed by atoms with Crippen LogP contribution in [0.5, 0.6) is 0 Å². The zero-order valence-corrected chi connectivity index (χ0v) is 33.4. The van der Waals surface area contributed by atoms with Gasteiger partial charge in [-0.05, 0) is 83.0 Å². The summed E-state index contributed by atoms with van der Waals surface area (Å²) in [5.74, 6) is -1.83. The Morgan fingerprint density at radius 3 is 1.84 bits per heavy atom. The van der Waals surface area contributed by atoms with Gasteiger partial charge in [-0.3, -0.25) is 9.59 Å². The SMILES string of the molecule is COC(=O)CCC1=C(C)C2=NC1=Cc1[nH]c(c3c1-c1cccc4cccc-3c14)C=C1[NH+]=C(C=C3c4ccccc4C(=C2)C3(OC)OC)C(C)=C1CCC(=O)OC.[Cl-]. The van der Waals surface area contributed by atoms with E-state index in [-0.39, 0.29) is 37.2 Å². The number of H-pyrrole nitrogens is 1. The standard InChI is InChI=1S/C47H41N3O6.ClH/c1-25-28(17-19-42(51)53-3)38-23-40-45-32-15-9-11-27-12-10-16-33(44(27)32)46(45)41(50-40)24-39-29(18-20-43(52)54-4)26(2)37(49-39)22-35-31-14-8-7-13-30(31)34(21-36(25)48-38)47(35,55-5)56-6;/h7-16,21-24,50H,17-20H2,1-6H3;1H. The molecule has 9 rings (SSSR count). The number of hydrogen-bond acceptors (Lipinski definition) is 7. The van der Waals surface area contributed by atoms with Gasteiger partial charge in [0, 0.05) is 78.3 Å². The second-order valence-corrected chi connectivity index (χ2v) is 14.6. The quantitative estimate of drug-likeness (QED) is 0.177. The lowest BCUT2D eigenvalue weighted by Crippen LogP contribution is -3.00. The summed E-state index contributed by atoms with van der Waals surface area (Å²) in [6.07, 6.45) is 9.83. The Balaban J connectivity index is 0.00000455. The third kappa shape index (κ3) is 5.83. The van der Waals surface area contributed by atoms with Gasteiger partial charge in [-0.15, -0.1) is 0 Å². The number of esters is 2. The number of ether oxygens (including phenoxy) is 4. The van der Waals surface area contributed by atoms with Crippen LogP contribution in [0, 0.1) is 0 Å². The van der Waals surface area contributed by atoms with Crippen molar-refractivity contribution >= 4 is 57.4 Å². The van der Waals surface area contributed by atoms with Crippen LogP contribution < -0.4 is 17.4 Å².